The van der Waals surface area contributed by atoms with Crippen LogP contribution in [0.15, 0.2) is 0 Å². The second kappa shape index (κ2) is 7.65. The quantitative estimate of drug-likeness (QED) is 0.477. The van der Waals surface area contributed by atoms with E-state index in [1.165, 1.54) is 0 Å². The first-order valence-electron chi connectivity index (χ1n) is 5.48. The van der Waals surface area contributed by atoms with Crippen molar-refractivity contribution in [3.05, 3.63) is 0 Å². The van der Waals surface area contributed by atoms with Crippen LogP contribution in [0.4, 0.5) is 0 Å². The van der Waals surface area contributed by atoms with E-state index >= 15 is 0 Å². The van der Waals surface area contributed by atoms with Gasteiger partial charge in [-0.1, -0.05) is 20.8 Å². The van der Waals surface area contributed by atoms with Crippen LogP contribution in [0.5, 0.6) is 0 Å². The summed E-state index contributed by atoms with van der Waals surface area (Å²) in [6, 6.07) is 0. The number of amides is 1. The topological polar surface area (TPSA) is 92.7 Å². The number of hydrogen-bond acceptors (Lipinski definition) is 4. The van der Waals surface area contributed by atoms with Crippen LogP contribution in [0.3, 0.4) is 0 Å². The molecular weight excluding hydrogens is 226 g/mol. The Balaban J connectivity index is 4.29. The minimum Gasteiger partial charge on any atom is -0.479 e. The molecule has 0 spiro atoms. The molecule has 0 radical (unpaired) electrons. The molecule has 98 valence electrons. The molecule has 0 fully saturated rings. The number of ether oxygens (including phenoxy) is 1. The summed E-state index contributed by atoms with van der Waals surface area (Å²) in [4.78, 5) is 32.4. The zero-order valence-corrected chi connectivity index (χ0v) is 10.3. The van der Waals surface area contributed by atoms with Crippen LogP contribution >= 0.6 is 0 Å². The van der Waals surface area contributed by atoms with E-state index in [-0.39, 0.29) is 18.9 Å². The average molecular weight is 245 g/mol. The Bertz CT molecular complexity index is 277. The molecule has 2 N–H and O–H groups in total. The summed E-state index contributed by atoms with van der Waals surface area (Å²) in [5, 5.41) is 11.2. The van der Waals surface area contributed by atoms with Gasteiger partial charge in [-0.05, 0) is 12.3 Å². The lowest BCUT2D eigenvalue weighted by Crippen LogP contribution is -2.34. The van der Waals surface area contributed by atoms with Gasteiger partial charge in [0.15, 0.2) is 6.10 Å². The second-order valence-corrected chi connectivity index (χ2v) is 4.32. The molecule has 0 aliphatic heterocycles. The molecular formula is C11H19NO5. The number of nitrogens with one attached hydrogen (secondary N) is 1. The number of esters is 1. The van der Waals surface area contributed by atoms with Crippen LogP contribution in [0.1, 0.15) is 27.2 Å². The summed E-state index contributed by atoms with van der Waals surface area (Å²) < 4.78 is 4.89. The van der Waals surface area contributed by atoms with Gasteiger partial charge in [0.2, 0.25) is 6.41 Å². The van der Waals surface area contributed by atoms with E-state index in [0.29, 0.717) is 6.41 Å². The summed E-state index contributed by atoms with van der Waals surface area (Å²) in [7, 11) is 0. The molecule has 0 heterocycles. The number of carboxylic acid groups (broad SMARTS) is 1. The van der Waals surface area contributed by atoms with Gasteiger partial charge in [-0.15, -0.1) is 0 Å². The fourth-order valence-electron chi connectivity index (χ4n) is 1.19. The first-order chi connectivity index (χ1) is 7.88. The Morgan fingerprint density at radius 2 is 1.94 bits per heavy atom. The van der Waals surface area contributed by atoms with E-state index in [0.717, 1.165) is 0 Å². The maximum atomic E-state index is 11.5. The largest absolute Gasteiger partial charge is 0.479 e. The lowest BCUT2D eigenvalue weighted by atomic mass is 10.1. The van der Waals surface area contributed by atoms with Crippen molar-refractivity contribution in [2.24, 2.45) is 11.8 Å². The van der Waals surface area contributed by atoms with Crippen molar-refractivity contribution in [3.63, 3.8) is 0 Å². The third-order valence-electron chi connectivity index (χ3n) is 2.13. The van der Waals surface area contributed by atoms with E-state index in [1.807, 2.05) is 13.8 Å². The fourth-order valence-corrected chi connectivity index (χ4v) is 1.19. The highest BCUT2D eigenvalue weighted by Crippen LogP contribution is 2.11. The average Bonchev–Trinajstić information content (AvgIpc) is 2.23. The standard InChI is InChI=1S/C11H19NO5/c1-7(2)4-9(10(14)15)17-11(16)8(3)5-12-6-13/h6-9H,4-5H2,1-3H3,(H,12,13)(H,14,15)/t8-,9?/m1/s1. The summed E-state index contributed by atoms with van der Waals surface area (Å²) in [5.41, 5.74) is 0. The number of carbonyl (C=O) groups excluding carboxylic acids is 2. The first-order valence-corrected chi connectivity index (χ1v) is 5.48. The molecule has 0 aliphatic carbocycles. The van der Waals surface area contributed by atoms with Gasteiger partial charge in [0.25, 0.3) is 0 Å². The maximum Gasteiger partial charge on any atom is 0.345 e. The van der Waals surface area contributed by atoms with E-state index in [1.54, 1.807) is 6.92 Å². The van der Waals surface area contributed by atoms with Crippen molar-refractivity contribution in [2.45, 2.75) is 33.3 Å². The van der Waals surface area contributed by atoms with Crippen molar-refractivity contribution in [1.29, 1.82) is 0 Å². The maximum absolute atomic E-state index is 11.5. The van der Waals surface area contributed by atoms with Gasteiger partial charge in [0, 0.05) is 6.54 Å². The van der Waals surface area contributed by atoms with Gasteiger partial charge in [0.05, 0.1) is 5.92 Å². The molecule has 1 amide bonds. The number of rotatable bonds is 8. The SMILES string of the molecule is CC(C)CC(OC(=O)[C@H](C)CNC=O)C(=O)O. The smallest absolute Gasteiger partial charge is 0.345 e. The Kier molecular flexibility index (Phi) is 6.93. The molecule has 0 aromatic rings. The zero-order chi connectivity index (χ0) is 13.4. The minimum atomic E-state index is -1.15. The highest BCUT2D eigenvalue weighted by molar-refractivity contribution is 5.79. The number of aliphatic carboxylic acids is 1. The van der Waals surface area contributed by atoms with E-state index in [2.05, 4.69) is 5.32 Å². The predicted molar refractivity (Wildman–Crippen MR) is 60.2 cm³/mol. The monoisotopic (exact) mass is 245 g/mol. The van der Waals surface area contributed by atoms with Gasteiger partial charge in [-0.2, -0.15) is 0 Å². The molecule has 6 nitrogen and oxygen atoms in total. The molecule has 2 atom stereocenters. The highest BCUT2D eigenvalue weighted by Gasteiger charge is 2.25. The number of hydrogen-bond donors (Lipinski definition) is 2. The molecule has 1 unspecified atom stereocenters. The molecule has 0 saturated heterocycles. The molecule has 0 saturated carbocycles. The van der Waals surface area contributed by atoms with E-state index in [4.69, 9.17) is 9.84 Å². The van der Waals surface area contributed by atoms with Gasteiger partial charge in [0.1, 0.15) is 0 Å². The number of carboxylic acids is 1. The summed E-state index contributed by atoms with van der Waals surface area (Å²) in [6.45, 7) is 5.39. The van der Waals surface area contributed by atoms with Crippen molar-refractivity contribution < 1.29 is 24.2 Å². The van der Waals surface area contributed by atoms with Gasteiger partial charge >= 0.3 is 11.9 Å². The summed E-state index contributed by atoms with van der Waals surface area (Å²) >= 11 is 0. The van der Waals surface area contributed by atoms with Gasteiger partial charge in [-0.3, -0.25) is 9.59 Å². The Labute approximate surface area is 100 Å². The summed E-state index contributed by atoms with van der Waals surface area (Å²) in [5.74, 6) is -2.21. The van der Waals surface area contributed by atoms with Crippen molar-refractivity contribution in [3.8, 4) is 0 Å². The van der Waals surface area contributed by atoms with Crippen LogP contribution < -0.4 is 5.32 Å². The lowest BCUT2D eigenvalue weighted by Gasteiger charge is -2.18. The van der Waals surface area contributed by atoms with Crippen LogP contribution in [0, 0.1) is 11.8 Å². The molecule has 0 aromatic heterocycles. The van der Waals surface area contributed by atoms with Crippen LogP contribution in [-0.4, -0.2) is 36.1 Å². The third-order valence-corrected chi connectivity index (χ3v) is 2.13. The van der Waals surface area contributed by atoms with Crippen molar-refractivity contribution in [1.82, 2.24) is 5.32 Å². The van der Waals surface area contributed by atoms with Crippen molar-refractivity contribution in [2.75, 3.05) is 6.54 Å². The van der Waals surface area contributed by atoms with Crippen LogP contribution in [0.25, 0.3) is 0 Å². The third kappa shape index (κ3) is 6.55. The molecule has 0 rings (SSSR count). The molecule has 17 heavy (non-hydrogen) atoms. The minimum absolute atomic E-state index is 0.118. The highest BCUT2D eigenvalue weighted by atomic mass is 16.6. The lowest BCUT2D eigenvalue weighted by molar-refractivity contribution is -0.167. The van der Waals surface area contributed by atoms with Crippen LogP contribution in [0.2, 0.25) is 0 Å². The Hall–Kier alpha value is -1.59. The first kappa shape index (κ1) is 15.4. The second-order valence-electron chi connectivity index (χ2n) is 4.32. The zero-order valence-electron chi connectivity index (χ0n) is 10.3. The molecule has 6 heteroatoms. The van der Waals surface area contributed by atoms with Crippen LogP contribution in [-0.2, 0) is 19.1 Å². The number of carbonyl (C=O) groups is 3. The predicted octanol–water partition coefficient (Wildman–Crippen LogP) is 0.411. The van der Waals surface area contributed by atoms with E-state index in [9.17, 15) is 14.4 Å². The fraction of sp³-hybridized carbons (Fsp3) is 0.727. The van der Waals surface area contributed by atoms with E-state index < -0.39 is 24.0 Å². The molecule has 0 aliphatic rings. The molecule has 0 bridgehead atoms. The van der Waals surface area contributed by atoms with Gasteiger partial charge in [-0.25, -0.2) is 4.79 Å². The Morgan fingerprint density at radius 3 is 2.35 bits per heavy atom. The molecule has 0 aromatic carbocycles. The van der Waals surface area contributed by atoms with Gasteiger partial charge < -0.3 is 15.2 Å². The summed E-state index contributed by atoms with van der Waals surface area (Å²) in [6.07, 6.45) is -0.372. The normalized spacial score (nSPS) is 13.9. The van der Waals surface area contributed by atoms with Crippen molar-refractivity contribution >= 4 is 18.3 Å². The Morgan fingerprint density at radius 1 is 1.35 bits per heavy atom.